The van der Waals surface area contributed by atoms with Crippen LogP contribution >= 0.6 is 0 Å². The number of aliphatic carboxylic acids is 1. The van der Waals surface area contributed by atoms with E-state index in [9.17, 15) is 9.59 Å². The number of carboxylic acid groups (broad SMARTS) is 1. The number of nitrogens with one attached hydrogen (secondary N) is 1. The van der Waals surface area contributed by atoms with Crippen molar-refractivity contribution < 1.29 is 14.7 Å². The van der Waals surface area contributed by atoms with Crippen LogP contribution in [0.1, 0.15) is 32.8 Å². The Morgan fingerprint density at radius 1 is 1.32 bits per heavy atom. The van der Waals surface area contributed by atoms with Gasteiger partial charge >= 0.3 is 5.97 Å². The van der Waals surface area contributed by atoms with Gasteiger partial charge in [-0.05, 0) is 38.0 Å². The molecular weight excluding hydrogens is 244 g/mol. The first-order valence-electron chi connectivity index (χ1n) is 6.18. The maximum absolute atomic E-state index is 12.2. The number of carboxylic acids is 1. The second kappa shape index (κ2) is 5.73. The van der Waals surface area contributed by atoms with Crippen molar-refractivity contribution in [3.8, 4) is 0 Å². The quantitative estimate of drug-likeness (QED) is 0.703. The fourth-order valence-electron chi connectivity index (χ4n) is 1.71. The van der Waals surface area contributed by atoms with E-state index in [4.69, 9.17) is 10.8 Å². The second-order valence-electron chi connectivity index (χ2n) is 5.02. The van der Waals surface area contributed by atoms with Gasteiger partial charge in [-0.3, -0.25) is 4.79 Å². The Morgan fingerprint density at radius 2 is 1.84 bits per heavy atom. The number of nitrogen functional groups attached to an aromatic ring is 1. The van der Waals surface area contributed by atoms with Crippen LogP contribution in [0, 0.1) is 0 Å². The number of carbonyl (C=O) groups excluding carboxylic acids is 1. The summed E-state index contributed by atoms with van der Waals surface area (Å²) in [6.45, 7) is 5.22. The molecular formula is C14H20N2O3. The van der Waals surface area contributed by atoms with E-state index in [1.807, 2.05) is 0 Å². The molecule has 104 valence electrons. The number of benzene rings is 1. The van der Waals surface area contributed by atoms with Crippen molar-refractivity contribution in [2.24, 2.45) is 0 Å². The number of carbonyl (C=O) groups is 2. The highest BCUT2D eigenvalue weighted by molar-refractivity contribution is 5.90. The Bertz CT molecular complexity index is 466. The molecule has 19 heavy (non-hydrogen) atoms. The maximum atomic E-state index is 12.2. The van der Waals surface area contributed by atoms with Crippen LogP contribution in [-0.2, 0) is 15.0 Å². The lowest BCUT2D eigenvalue weighted by atomic mass is 9.83. The van der Waals surface area contributed by atoms with E-state index in [0.717, 1.165) is 5.56 Å². The van der Waals surface area contributed by atoms with Crippen LogP contribution in [0.15, 0.2) is 24.3 Å². The minimum Gasteiger partial charge on any atom is -0.480 e. The molecule has 1 amide bonds. The first kappa shape index (κ1) is 15.0. The molecule has 0 bridgehead atoms. The average molecular weight is 264 g/mol. The lowest BCUT2D eigenvalue weighted by Gasteiger charge is -2.26. The molecule has 0 aromatic heterocycles. The standard InChI is InChI=1S/C14H20N2O3/c1-4-11(12(17)18)16-13(19)14(2,3)9-5-7-10(15)8-6-9/h5-8,11H,4,15H2,1-3H3,(H,16,19)(H,17,18)/t11-/m0/s1. The molecule has 0 radical (unpaired) electrons. The number of hydrogen-bond acceptors (Lipinski definition) is 3. The van der Waals surface area contributed by atoms with Crippen molar-refractivity contribution in [3.63, 3.8) is 0 Å². The van der Waals surface area contributed by atoms with Crippen molar-refractivity contribution in [1.29, 1.82) is 0 Å². The van der Waals surface area contributed by atoms with Crippen molar-refractivity contribution in [1.82, 2.24) is 5.32 Å². The number of anilines is 1. The summed E-state index contributed by atoms with van der Waals surface area (Å²) in [5.41, 5.74) is 6.21. The van der Waals surface area contributed by atoms with E-state index < -0.39 is 17.4 Å². The second-order valence-corrected chi connectivity index (χ2v) is 5.02. The monoisotopic (exact) mass is 264 g/mol. The van der Waals surface area contributed by atoms with Gasteiger partial charge in [0.2, 0.25) is 5.91 Å². The third-order valence-corrected chi connectivity index (χ3v) is 3.21. The van der Waals surface area contributed by atoms with Gasteiger partial charge in [-0.25, -0.2) is 4.79 Å². The number of hydrogen-bond donors (Lipinski definition) is 3. The SMILES string of the molecule is CC[C@H](NC(=O)C(C)(C)c1ccc(N)cc1)C(=O)O. The summed E-state index contributed by atoms with van der Waals surface area (Å²) in [6.07, 6.45) is 0.346. The topological polar surface area (TPSA) is 92.4 Å². The molecule has 0 unspecified atom stereocenters. The third-order valence-electron chi connectivity index (χ3n) is 3.21. The first-order chi connectivity index (χ1) is 8.78. The number of rotatable bonds is 5. The Kier molecular flexibility index (Phi) is 4.53. The van der Waals surface area contributed by atoms with Gasteiger partial charge in [0.1, 0.15) is 6.04 Å². The summed E-state index contributed by atoms with van der Waals surface area (Å²) in [7, 11) is 0. The van der Waals surface area contributed by atoms with Crippen molar-refractivity contribution in [2.75, 3.05) is 5.73 Å². The molecule has 0 spiro atoms. The maximum Gasteiger partial charge on any atom is 0.326 e. The van der Waals surface area contributed by atoms with E-state index in [0.29, 0.717) is 12.1 Å². The molecule has 1 aromatic rings. The molecule has 0 saturated carbocycles. The summed E-state index contributed by atoms with van der Waals surface area (Å²) < 4.78 is 0. The van der Waals surface area contributed by atoms with E-state index in [1.54, 1.807) is 45.0 Å². The minimum absolute atomic E-state index is 0.313. The van der Waals surface area contributed by atoms with Gasteiger partial charge in [-0.2, -0.15) is 0 Å². The largest absolute Gasteiger partial charge is 0.480 e. The molecule has 5 heteroatoms. The number of nitrogens with two attached hydrogens (primary N) is 1. The molecule has 5 nitrogen and oxygen atoms in total. The van der Waals surface area contributed by atoms with Crippen LogP contribution in [-0.4, -0.2) is 23.0 Å². The highest BCUT2D eigenvalue weighted by Crippen LogP contribution is 2.24. The Labute approximate surface area is 112 Å². The summed E-state index contributed by atoms with van der Waals surface area (Å²) >= 11 is 0. The molecule has 1 aromatic carbocycles. The summed E-state index contributed by atoms with van der Waals surface area (Å²) in [5, 5.41) is 11.5. The van der Waals surface area contributed by atoms with Crippen molar-refractivity contribution in [2.45, 2.75) is 38.6 Å². The molecule has 1 atom stereocenters. The van der Waals surface area contributed by atoms with E-state index in [2.05, 4.69) is 5.32 Å². The highest BCUT2D eigenvalue weighted by atomic mass is 16.4. The Hall–Kier alpha value is -2.04. The zero-order valence-corrected chi connectivity index (χ0v) is 11.4. The zero-order chi connectivity index (χ0) is 14.6. The van der Waals surface area contributed by atoms with E-state index >= 15 is 0 Å². The molecule has 0 fully saturated rings. The fraction of sp³-hybridized carbons (Fsp3) is 0.429. The molecule has 0 aliphatic heterocycles. The van der Waals surface area contributed by atoms with Crippen LogP contribution in [0.25, 0.3) is 0 Å². The zero-order valence-electron chi connectivity index (χ0n) is 11.4. The predicted molar refractivity (Wildman–Crippen MR) is 73.7 cm³/mol. The van der Waals surface area contributed by atoms with Crippen LogP contribution in [0.5, 0.6) is 0 Å². The number of amides is 1. The van der Waals surface area contributed by atoms with Gasteiger partial charge in [-0.1, -0.05) is 19.1 Å². The molecule has 0 aliphatic carbocycles. The highest BCUT2D eigenvalue weighted by Gasteiger charge is 2.32. The molecule has 1 rings (SSSR count). The van der Waals surface area contributed by atoms with E-state index in [1.165, 1.54) is 0 Å². The Balaban J connectivity index is 2.90. The van der Waals surface area contributed by atoms with Crippen LogP contribution < -0.4 is 11.1 Å². The smallest absolute Gasteiger partial charge is 0.326 e. The summed E-state index contributed by atoms with van der Waals surface area (Å²) in [6, 6.07) is 6.13. The van der Waals surface area contributed by atoms with Gasteiger partial charge < -0.3 is 16.2 Å². The van der Waals surface area contributed by atoms with Crippen molar-refractivity contribution >= 4 is 17.6 Å². The van der Waals surface area contributed by atoms with Gasteiger partial charge in [0, 0.05) is 5.69 Å². The van der Waals surface area contributed by atoms with Gasteiger partial charge in [-0.15, -0.1) is 0 Å². The fourth-order valence-corrected chi connectivity index (χ4v) is 1.71. The average Bonchev–Trinajstić information content (AvgIpc) is 2.35. The van der Waals surface area contributed by atoms with Gasteiger partial charge in [0.15, 0.2) is 0 Å². The van der Waals surface area contributed by atoms with E-state index in [-0.39, 0.29) is 5.91 Å². The summed E-state index contributed by atoms with van der Waals surface area (Å²) in [5.74, 6) is -1.34. The van der Waals surface area contributed by atoms with Crippen LogP contribution in [0.2, 0.25) is 0 Å². The van der Waals surface area contributed by atoms with Gasteiger partial charge in [0.05, 0.1) is 5.41 Å². The van der Waals surface area contributed by atoms with Crippen LogP contribution in [0.3, 0.4) is 0 Å². The summed E-state index contributed by atoms with van der Waals surface area (Å²) in [4.78, 5) is 23.2. The normalized spacial score (nSPS) is 12.8. The first-order valence-corrected chi connectivity index (χ1v) is 6.18. The Morgan fingerprint density at radius 3 is 2.26 bits per heavy atom. The van der Waals surface area contributed by atoms with Gasteiger partial charge in [0.25, 0.3) is 0 Å². The van der Waals surface area contributed by atoms with Crippen molar-refractivity contribution in [3.05, 3.63) is 29.8 Å². The molecule has 0 aliphatic rings. The lowest BCUT2D eigenvalue weighted by Crippen LogP contribution is -2.48. The minimum atomic E-state index is -1.02. The molecule has 4 N–H and O–H groups in total. The predicted octanol–water partition coefficient (Wildman–Crippen LogP) is 1.53. The third kappa shape index (κ3) is 3.47. The molecule has 0 saturated heterocycles. The lowest BCUT2D eigenvalue weighted by molar-refractivity contribution is -0.142. The van der Waals surface area contributed by atoms with Crippen LogP contribution in [0.4, 0.5) is 5.69 Å². The molecule has 0 heterocycles.